The maximum absolute atomic E-state index is 10.9. The standard InChI is InChI=1S/C6H13NOS/c1-6(2)4-3-5-9(8)7-6/h7H,3-5H2,1-2H3. The van der Waals surface area contributed by atoms with E-state index in [0.29, 0.717) is 0 Å². The van der Waals surface area contributed by atoms with Crippen molar-refractivity contribution in [3.63, 3.8) is 0 Å². The van der Waals surface area contributed by atoms with Gasteiger partial charge in [0.25, 0.3) is 0 Å². The molecule has 1 aliphatic heterocycles. The van der Waals surface area contributed by atoms with E-state index in [-0.39, 0.29) is 5.54 Å². The molecule has 1 heterocycles. The molecule has 1 N–H and O–H groups in total. The molecule has 1 aliphatic rings. The molecule has 0 aromatic carbocycles. The first-order valence-corrected chi connectivity index (χ1v) is 4.58. The van der Waals surface area contributed by atoms with Crippen molar-refractivity contribution in [2.45, 2.75) is 32.2 Å². The van der Waals surface area contributed by atoms with Gasteiger partial charge in [0.15, 0.2) is 0 Å². The molecule has 1 fully saturated rings. The van der Waals surface area contributed by atoms with Crippen molar-refractivity contribution in [2.75, 3.05) is 5.75 Å². The monoisotopic (exact) mass is 147 g/mol. The Morgan fingerprint density at radius 2 is 2.22 bits per heavy atom. The van der Waals surface area contributed by atoms with Crippen molar-refractivity contribution in [3.8, 4) is 0 Å². The Kier molecular flexibility index (Phi) is 1.91. The molecular formula is C6H13NOS. The van der Waals surface area contributed by atoms with Crippen LogP contribution in [0.25, 0.3) is 0 Å². The van der Waals surface area contributed by atoms with E-state index in [1.807, 2.05) is 0 Å². The predicted octanol–water partition coefficient (Wildman–Crippen LogP) is 0.812. The van der Waals surface area contributed by atoms with Crippen molar-refractivity contribution in [1.29, 1.82) is 0 Å². The van der Waals surface area contributed by atoms with E-state index < -0.39 is 11.0 Å². The molecule has 3 heteroatoms. The maximum atomic E-state index is 10.9. The molecule has 9 heavy (non-hydrogen) atoms. The summed E-state index contributed by atoms with van der Waals surface area (Å²) in [7, 11) is -0.760. The molecular weight excluding hydrogens is 134 g/mol. The summed E-state index contributed by atoms with van der Waals surface area (Å²) < 4.78 is 13.9. The van der Waals surface area contributed by atoms with Crippen LogP contribution in [0.5, 0.6) is 0 Å². The molecule has 1 rings (SSSR count). The van der Waals surface area contributed by atoms with Crippen molar-refractivity contribution in [1.82, 2.24) is 4.72 Å². The quantitative estimate of drug-likeness (QED) is 0.540. The zero-order valence-corrected chi connectivity index (χ0v) is 6.75. The van der Waals surface area contributed by atoms with Gasteiger partial charge < -0.3 is 0 Å². The van der Waals surface area contributed by atoms with Crippen LogP contribution in [-0.4, -0.2) is 15.5 Å². The topological polar surface area (TPSA) is 29.1 Å². The lowest BCUT2D eigenvalue weighted by molar-refractivity contribution is 0.414. The minimum absolute atomic E-state index is 0.100. The first-order chi connectivity index (χ1) is 4.10. The lowest BCUT2D eigenvalue weighted by Crippen LogP contribution is -2.45. The van der Waals surface area contributed by atoms with Crippen molar-refractivity contribution in [3.05, 3.63) is 0 Å². The van der Waals surface area contributed by atoms with Crippen LogP contribution >= 0.6 is 0 Å². The number of hydrogen-bond donors (Lipinski definition) is 1. The van der Waals surface area contributed by atoms with Crippen molar-refractivity contribution < 1.29 is 4.21 Å². The fourth-order valence-corrected chi connectivity index (χ4v) is 2.28. The zero-order chi connectivity index (χ0) is 6.91. The molecule has 0 spiro atoms. The van der Waals surface area contributed by atoms with E-state index in [1.165, 1.54) is 0 Å². The van der Waals surface area contributed by atoms with Gasteiger partial charge in [-0.15, -0.1) is 0 Å². The van der Waals surface area contributed by atoms with Crippen LogP contribution in [0.4, 0.5) is 0 Å². The van der Waals surface area contributed by atoms with Crippen LogP contribution in [0.15, 0.2) is 0 Å². The fourth-order valence-electron chi connectivity index (χ4n) is 1.06. The van der Waals surface area contributed by atoms with Gasteiger partial charge in [-0.2, -0.15) is 0 Å². The van der Waals surface area contributed by atoms with Gasteiger partial charge in [-0.3, -0.25) is 0 Å². The van der Waals surface area contributed by atoms with E-state index in [0.717, 1.165) is 18.6 Å². The van der Waals surface area contributed by atoms with Crippen LogP contribution in [0.1, 0.15) is 26.7 Å². The number of nitrogens with one attached hydrogen (secondary N) is 1. The highest BCUT2D eigenvalue weighted by Crippen LogP contribution is 2.16. The molecule has 0 aromatic heterocycles. The number of hydrogen-bond acceptors (Lipinski definition) is 1. The largest absolute Gasteiger partial charge is 0.243 e. The molecule has 1 unspecified atom stereocenters. The normalized spacial score (nSPS) is 34.2. The average molecular weight is 147 g/mol. The molecule has 2 nitrogen and oxygen atoms in total. The van der Waals surface area contributed by atoms with E-state index in [1.54, 1.807) is 0 Å². The average Bonchev–Trinajstić information content (AvgIpc) is 1.60. The Hall–Kier alpha value is 0.110. The van der Waals surface area contributed by atoms with Crippen LogP contribution in [0.2, 0.25) is 0 Å². The van der Waals surface area contributed by atoms with E-state index in [2.05, 4.69) is 18.6 Å². The molecule has 0 saturated carbocycles. The van der Waals surface area contributed by atoms with E-state index in [4.69, 9.17) is 0 Å². The van der Waals surface area contributed by atoms with Crippen LogP contribution in [0, 0.1) is 0 Å². The summed E-state index contributed by atoms with van der Waals surface area (Å²) in [6.07, 6.45) is 2.23. The Balaban J connectivity index is 2.51. The summed E-state index contributed by atoms with van der Waals surface area (Å²) in [5.41, 5.74) is 0.100. The summed E-state index contributed by atoms with van der Waals surface area (Å²) >= 11 is 0. The Bertz CT molecular complexity index is 133. The molecule has 0 aromatic rings. The van der Waals surface area contributed by atoms with Gasteiger partial charge in [-0.25, -0.2) is 8.93 Å². The Morgan fingerprint density at radius 3 is 2.56 bits per heavy atom. The van der Waals surface area contributed by atoms with E-state index in [9.17, 15) is 4.21 Å². The smallest absolute Gasteiger partial charge is 0.0920 e. The second kappa shape index (κ2) is 2.39. The van der Waals surface area contributed by atoms with Crippen molar-refractivity contribution >= 4 is 11.0 Å². The SMILES string of the molecule is CC1(C)CCCS(=O)N1. The summed E-state index contributed by atoms with van der Waals surface area (Å²) in [6, 6.07) is 0. The fraction of sp³-hybridized carbons (Fsp3) is 1.00. The van der Waals surface area contributed by atoms with Gasteiger partial charge in [0.2, 0.25) is 0 Å². The molecule has 0 aliphatic carbocycles. The minimum Gasteiger partial charge on any atom is -0.243 e. The van der Waals surface area contributed by atoms with Crippen molar-refractivity contribution in [2.24, 2.45) is 0 Å². The van der Waals surface area contributed by atoms with Gasteiger partial charge in [-0.05, 0) is 26.7 Å². The molecule has 1 atom stereocenters. The van der Waals surface area contributed by atoms with E-state index >= 15 is 0 Å². The highest BCUT2D eigenvalue weighted by atomic mass is 32.2. The highest BCUT2D eigenvalue weighted by molar-refractivity contribution is 7.83. The van der Waals surface area contributed by atoms with Crippen LogP contribution < -0.4 is 4.72 Å². The maximum Gasteiger partial charge on any atom is 0.0920 e. The highest BCUT2D eigenvalue weighted by Gasteiger charge is 2.23. The first kappa shape index (κ1) is 7.22. The summed E-state index contributed by atoms with van der Waals surface area (Å²) in [4.78, 5) is 0. The summed E-state index contributed by atoms with van der Waals surface area (Å²) in [5, 5.41) is 0. The lowest BCUT2D eigenvalue weighted by atomic mass is 10.0. The van der Waals surface area contributed by atoms with Gasteiger partial charge in [0.1, 0.15) is 0 Å². The second-order valence-corrected chi connectivity index (χ2v) is 4.44. The predicted molar refractivity (Wildman–Crippen MR) is 39.5 cm³/mol. The van der Waals surface area contributed by atoms with Gasteiger partial charge in [0.05, 0.1) is 11.0 Å². The molecule has 1 saturated heterocycles. The molecule has 0 bridgehead atoms. The Labute approximate surface area is 58.6 Å². The number of rotatable bonds is 0. The zero-order valence-electron chi connectivity index (χ0n) is 5.94. The summed E-state index contributed by atoms with van der Waals surface area (Å²) in [5.74, 6) is 0.823. The third kappa shape index (κ3) is 2.06. The molecule has 54 valence electrons. The van der Waals surface area contributed by atoms with Gasteiger partial charge in [0, 0.05) is 11.3 Å². The second-order valence-electron chi connectivity index (χ2n) is 3.14. The third-order valence-corrected chi connectivity index (χ3v) is 2.96. The van der Waals surface area contributed by atoms with Gasteiger partial charge >= 0.3 is 0 Å². The summed E-state index contributed by atoms with van der Waals surface area (Å²) in [6.45, 7) is 4.17. The minimum atomic E-state index is -0.760. The molecule has 0 radical (unpaired) electrons. The van der Waals surface area contributed by atoms with Gasteiger partial charge in [-0.1, -0.05) is 0 Å². The van der Waals surface area contributed by atoms with Crippen LogP contribution in [-0.2, 0) is 11.0 Å². The Morgan fingerprint density at radius 1 is 1.56 bits per heavy atom. The first-order valence-electron chi connectivity index (χ1n) is 3.26. The molecule has 0 amide bonds. The third-order valence-electron chi connectivity index (χ3n) is 1.52. The van der Waals surface area contributed by atoms with Crippen LogP contribution in [0.3, 0.4) is 0 Å². The lowest BCUT2D eigenvalue weighted by Gasteiger charge is -2.29.